The van der Waals surface area contributed by atoms with E-state index in [9.17, 15) is 4.79 Å². The first-order valence-electron chi connectivity index (χ1n) is 7.41. The van der Waals surface area contributed by atoms with E-state index in [4.69, 9.17) is 18.0 Å². The van der Waals surface area contributed by atoms with E-state index in [1.165, 1.54) is 0 Å². The zero-order valence-electron chi connectivity index (χ0n) is 12.9. The van der Waals surface area contributed by atoms with Gasteiger partial charge >= 0.3 is 0 Å². The highest BCUT2D eigenvalue weighted by Gasteiger charge is 2.42. The van der Waals surface area contributed by atoms with E-state index < -0.39 is 5.41 Å². The molecule has 1 unspecified atom stereocenters. The zero-order valence-corrected chi connectivity index (χ0v) is 14.5. The minimum atomic E-state index is -0.657. The van der Waals surface area contributed by atoms with Gasteiger partial charge in [-0.3, -0.25) is 4.79 Å². The third-order valence-corrected chi connectivity index (χ3v) is 5.94. The number of nitrogens with two attached hydrogens (primary N) is 1. The second kappa shape index (κ2) is 6.40. The average molecular weight is 326 g/mol. The first kappa shape index (κ1) is 16.4. The van der Waals surface area contributed by atoms with Gasteiger partial charge in [0.05, 0.1) is 27.1 Å². The molecule has 0 radical (unpaired) electrons. The number of nitrogens with zero attached hydrogens (tertiary/aromatic N) is 1. The van der Waals surface area contributed by atoms with Gasteiger partial charge in [0, 0.05) is 4.88 Å². The molecule has 1 fully saturated rings. The molecule has 1 aromatic heterocycles. The lowest BCUT2D eigenvalue weighted by molar-refractivity contribution is -0.129. The molecule has 1 heterocycles. The number of aryl methyl sites for hydroxylation is 2. The fourth-order valence-electron chi connectivity index (χ4n) is 3.09. The molecule has 0 saturated heterocycles. The van der Waals surface area contributed by atoms with Crippen molar-refractivity contribution in [3.8, 4) is 0 Å². The van der Waals surface area contributed by atoms with Gasteiger partial charge in [0.2, 0.25) is 5.91 Å². The molecule has 1 atom stereocenters. The van der Waals surface area contributed by atoms with Crippen molar-refractivity contribution in [1.82, 2.24) is 10.3 Å². The maximum absolute atomic E-state index is 12.8. The highest BCUT2D eigenvalue weighted by atomic mass is 32.1. The van der Waals surface area contributed by atoms with Gasteiger partial charge in [-0.1, -0.05) is 31.5 Å². The molecule has 21 heavy (non-hydrogen) atoms. The monoisotopic (exact) mass is 325 g/mol. The minimum absolute atomic E-state index is 0.0207. The zero-order chi connectivity index (χ0) is 15.6. The van der Waals surface area contributed by atoms with Crippen LogP contribution >= 0.6 is 23.6 Å². The number of carbonyl (C=O) groups excluding carboxylic acids is 1. The minimum Gasteiger partial charge on any atom is -0.392 e. The lowest BCUT2D eigenvalue weighted by atomic mass is 9.73. The van der Waals surface area contributed by atoms with Crippen molar-refractivity contribution in [2.75, 3.05) is 0 Å². The highest BCUT2D eigenvalue weighted by Crippen LogP contribution is 2.38. The first-order chi connectivity index (χ1) is 9.86. The molecule has 2 rings (SSSR count). The van der Waals surface area contributed by atoms with E-state index in [-0.39, 0.29) is 11.9 Å². The smallest absolute Gasteiger partial charge is 0.233 e. The molecule has 1 aliphatic rings. The number of amides is 1. The van der Waals surface area contributed by atoms with E-state index in [0.29, 0.717) is 4.99 Å². The second-order valence-corrected chi connectivity index (χ2v) is 7.56. The molecule has 0 aliphatic heterocycles. The molecule has 4 nitrogen and oxygen atoms in total. The Hall–Kier alpha value is -1.01. The van der Waals surface area contributed by atoms with Gasteiger partial charge in [-0.2, -0.15) is 0 Å². The number of carbonyl (C=O) groups is 1. The number of hydrogen-bond acceptors (Lipinski definition) is 4. The second-order valence-electron chi connectivity index (χ2n) is 5.88. The van der Waals surface area contributed by atoms with Crippen LogP contribution in [0.4, 0.5) is 0 Å². The van der Waals surface area contributed by atoms with Crippen molar-refractivity contribution < 1.29 is 4.79 Å². The fraction of sp³-hybridized carbons (Fsp3) is 0.667. The van der Waals surface area contributed by atoms with Crippen LogP contribution in [0.25, 0.3) is 0 Å². The third kappa shape index (κ3) is 3.26. The summed E-state index contributed by atoms with van der Waals surface area (Å²) >= 11 is 6.84. The summed E-state index contributed by atoms with van der Waals surface area (Å²) in [5.74, 6) is -0.0207. The van der Waals surface area contributed by atoms with Crippen LogP contribution < -0.4 is 11.1 Å². The molecule has 3 N–H and O–H groups in total. The van der Waals surface area contributed by atoms with Crippen LogP contribution in [0.3, 0.4) is 0 Å². The molecule has 1 aromatic rings. The Morgan fingerprint density at radius 1 is 1.38 bits per heavy atom. The quantitative estimate of drug-likeness (QED) is 0.834. The first-order valence-corrected chi connectivity index (χ1v) is 8.64. The van der Waals surface area contributed by atoms with Crippen molar-refractivity contribution in [2.45, 2.75) is 58.9 Å². The summed E-state index contributed by atoms with van der Waals surface area (Å²) in [6, 6.07) is -0.0585. The van der Waals surface area contributed by atoms with E-state index in [2.05, 4.69) is 10.3 Å². The van der Waals surface area contributed by atoms with Crippen molar-refractivity contribution >= 4 is 34.5 Å². The van der Waals surface area contributed by atoms with Crippen LogP contribution in [-0.2, 0) is 4.79 Å². The Labute approximate surface area is 135 Å². The number of aromatic nitrogens is 1. The number of thiazole rings is 1. The molecule has 1 amide bonds. The summed E-state index contributed by atoms with van der Waals surface area (Å²) < 4.78 is 0. The molecule has 1 saturated carbocycles. The van der Waals surface area contributed by atoms with Crippen LogP contribution in [0.1, 0.15) is 60.6 Å². The summed E-state index contributed by atoms with van der Waals surface area (Å²) in [6.07, 6.45) is 4.71. The fourth-order valence-corrected chi connectivity index (χ4v) is 4.32. The summed E-state index contributed by atoms with van der Waals surface area (Å²) in [4.78, 5) is 18.6. The molecule has 1 aliphatic carbocycles. The molecule has 116 valence electrons. The maximum Gasteiger partial charge on any atom is 0.233 e. The lowest BCUT2D eigenvalue weighted by Gasteiger charge is -2.35. The van der Waals surface area contributed by atoms with Gasteiger partial charge in [-0.15, -0.1) is 11.3 Å². The topological polar surface area (TPSA) is 68.0 Å². The summed E-state index contributed by atoms with van der Waals surface area (Å²) in [5, 5.41) is 4.13. The van der Waals surface area contributed by atoms with E-state index >= 15 is 0 Å². The predicted molar refractivity (Wildman–Crippen MR) is 90.4 cm³/mol. The third-order valence-electron chi connectivity index (χ3n) is 4.29. The van der Waals surface area contributed by atoms with Crippen LogP contribution in [0.2, 0.25) is 0 Å². The largest absolute Gasteiger partial charge is 0.392 e. The van der Waals surface area contributed by atoms with Gasteiger partial charge in [0.1, 0.15) is 0 Å². The van der Waals surface area contributed by atoms with Crippen LogP contribution in [0, 0.1) is 19.3 Å². The van der Waals surface area contributed by atoms with Crippen LogP contribution in [-0.4, -0.2) is 15.9 Å². The Morgan fingerprint density at radius 2 is 2.00 bits per heavy atom. The van der Waals surface area contributed by atoms with E-state index in [1.807, 2.05) is 20.8 Å². The molecule has 0 aromatic carbocycles. The number of rotatable bonds is 4. The SMILES string of the molecule is Cc1nc(C)c(C(C)NC(=O)C2(C(N)=S)CCCCC2)s1. The maximum atomic E-state index is 12.8. The molecule has 6 heteroatoms. The number of thiocarbonyl (C=S) groups is 1. The molecular weight excluding hydrogens is 302 g/mol. The van der Waals surface area contributed by atoms with Crippen molar-refractivity contribution in [3.63, 3.8) is 0 Å². The predicted octanol–water partition coefficient (Wildman–Crippen LogP) is 3.17. The van der Waals surface area contributed by atoms with Gasteiger partial charge in [0.15, 0.2) is 0 Å². The summed E-state index contributed by atoms with van der Waals surface area (Å²) in [5.41, 5.74) is 6.24. The van der Waals surface area contributed by atoms with Gasteiger partial charge in [-0.05, 0) is 33.6 Å². The van der Waals surface area contributed by atoms with Crippen LogP contribution in [0.5, 0.6) is 0 Å². The summed E-state index contributed by atoms with van der Waals surface area (Å²) in [7, 11) is 0. The van der Waals surface area contributed by atoms with Crippen molar-refractivity contribution in [1.29, 1.82) is 0 Å². The normalized spacial score (nSPS) is 19.0. The molecule has 0 bridgehead atoms. The van der Waals surface area contributed by atoms with Crippen LogP contribution in [0.15, 0.2) is 0 Å². The Kier molecular flexibility index (Phi) is 4.99. The Balaban J connectivity index is 2.15. The molecular formula is C15H23N3OS2. The van der Waals surface area contributed by atoms with E-state index in [1.54, 1.807) is 11.3 Å². The van der Waals surface area contributed by atoms with E-state index in [0.717, 1.165) is 47.7 Å². The standard InChI is InChI=1S/C15H23N3OS2/c1-9-12(21-11(3)17-9)10(2)18-14(19)15(13(16)20)7-5-4-6-8-15/h10H,4-8H2,1-3H3,(H2,16,20)(H,18,19). The van der Waals surface area contributed by atoms with Crippen molar-refractivity contribution in [2.24, 2.45) is 11.1 Å². The average Bonchev–Trinajstić information content (AvgIpc) is 2.78. The molecule has 0 spiro atoms. The number of nitrogens with one attached hydrogen (secondary N) is 1. The highest BCUT2D eigenvalue weighted by molar-refractivity contribution is 7.80. The lowest BCUT2D eigenvalue weighted by Crippen LogP contribution is -2.50. The number of hydrogen-bond donors (Lipinski definition) is 2. The van der Waals surface area contributed by atoms with Crippen molar-refractivity contribution in [3.05, 3.63) is 15.6 Å². The Bertz CT molecular complexity index is 547. The Morgan fingerprint density at radius 3 is 2.48 bits per heavy atom. The summed E-state index contributed by atoms with van der Waals surface area (Å²) in [6.45, 7) is 5.95. The van der Waals surface area contributed by atoms with Gasteiger partial charge < -0.3 is 11.1 Å². The van der Waals surface area contributed by atoms with Gasteiger partial charge in [0.25, 0.3) is 0 Å². The van der Waals surface area contributed by atoms with Gasteiger partial charge in [-0.25, -0.2) is 4.98 Å².